The van der Waals surface area contributed by atoms with Gasteiger partial charge in [-0.2, -0.15) is 0 Å². The van der Waals surface area contributed by atoms with Crippen molar-refractivity contribution < 1.29 is 9.52 Å². The van der Waals surface area contributed by atoms with Crippen LogP contribution in [-0.4, -0.2) is 23.8 Å². The molecule has 0 radical (unpaired) electrons. The zero-order chi connectivity index (χ0) is 12.8. The van der Waals surface area contributed by atoms with Crippen LogP contribution in [0.3, 0.4) is 0 Å². The van der Waals surface area contributed by atoms with E-state index in [1.165, 1.54) is 12.8 Å². The maximum atomic E-state index is 10.4. The Balaban J connectivity index is 1.68. The summed E-state index contributed by atoms with van der Waals surface area (Å²) >= 11 is 0. The zero-order valence-electron chi connectivity index (χ0n) is 11.1. The third-order valence-corrected chi connectivity index (χ3v) is 3.81. The van der Waals surface area contributed by atoms with Gasteiger partial charge < -0.3 is 14.8 Å². The van der Waals surface area contributed by atoms with Crippen molar-refractivity contribution >= 4 is 6.08 Å². The standard InChI is InChI=1S/C15H23NO2/c1-15(17,13-6-2-3-7-13)12-16-10-4-8-14-9-5-11-18-14/h4-5,8-9,11,13,16-17H,2-3,6-7,10,12H2,1H3/b8-4+/t15-/m0/s1. The van der Waals surface area contributed by atoms with Crippen LogP contribution < -0.4 is 5.32 Å². The highest BCUT2D eigenvalue weighted by Gasteiger charge is 2.33. The fourth-order valence-electron chi connectivity index (χ4n) is 2.66. The number of furan rings is 1. The van der Waals surface area contributed by atoms with Gasteiger partial charge in [0.2, 0.25) is 0 Å². The van der Waals surface area contributed by atoms with Crippen molar-refractivity contribution in [1.82, 2.24) is 5.32 Å². The first-order valence-electron chi connectivity index (χ1n) is 6.81. The largest absolute Gasteiger partial charge is 0.465 e. The van der Waals surface area contributed by atoms with E-state index in [4.69, 9.17) is 4.42 Å². The Bertz CT molecular complexity index is 362. The van der Waals surface area contributed by atoms with Crippen LogP contribution in [-0.2, 0) is 0 Å². The molecule has 1 fully saturated rings. The van der Waals surface area contributed by atoms with E-state index in [1.54, 1.807) is 6.26 Å². The lowest BCUT2D eigenvalue weighted by Crippen LogP contribution is -2.43. The Hall–Kier alpha value is -1.06. The van der Waals surface area contributed by atoms with Gasteiger partial charge in [0, 0.05) is 13.1 Å². The summed E-state index contributed by atoms with van der Waals surface area (Å²) in [4.78, 5) is 0. The molecule has 1 aromatic rings. The van der Waals surface area contributed by atoms with E-state index in [2.05, 4.69) is 5.32 Å². The highest BCUT2D eigenvalue weighted by atomic mass is 16.3. The van der Waals surface area contributed by atoms with Gasteiger partial charge in [0.15, 0.2) is 0 Å². The van der Waals surface area contributed by atoms with E-state index in [1.807, 2.05) is 31.2 Å². The van der Waals surface area contributed by atoms with Crippen LogP contribution in [0.15, 0.2) is 28.9 Å². The highest BCUT2D eigenvalue weighted by molar-refractivity contribution is 5.42. The average molecular weight is 249 g/mol. The van der Waals surface area contributed by atoms with Crippen LogP contribution in [0.4, 0.5) is 0 Å². The second-order valence-corrected chi connectivity index (χ2v) is 5.39. The molecule has 1 saturated carbocycles. The molecule has 0 aromatic carbocycles. The lowest BCUT2D eigenvalue weighted by molar-refractivity contribution is 0.00325. The van der Waals surface area contributed by atoms with Crippen molar-refractivity contribution in [3.05, 3.63) is 30.2 Å². The summed E-state index contributed by atoms with van der Waals surface area (Å²) in [5, 5.41) is 13.7. The molecule has 0 spiro atoms. The molecule has 2 rings (SSSR count). The molecule has 0 saturated heterocycles. The summed E-state index contributed by atoms with van der Waals surface area (Å²) in [7, 11) is 0. The van der Waals surface area contributed by atoms with E-state index >= 15 is 0 Å². The summed E-state index contributed by atoms with van der Waals surface area (Å²) in [5.74, 6) is 1.32. The van der Waals surface area contributed by atoms with Gasteiger partial charge in [0.1, 0.15) is 5.76 Å². The number of aliphatic hydroxyl groups is 1. The molecule has 3 heteroatoms. The number of hydrogen-bond acceptors (Lipinski definition) is 3. The van der Waals surface area contributed by atoms with Crippen LogP contribution in [0.2, 0.25) is 0 Å². The van der Waals surface area contributed by atoms with Crippen LogP contribution in [0.25, 0.3) is 6.08 Å². The Kier molecular flexibility index (Phi) is 4.61. The molecule has 1 aromatic heterocycles. The number of rotatable bonds is 6. The van der Waals surface area contributed by atoms with Crippen LogP contribution in [0.1, 0.15) is 38.4 Å². The average Bonchev–Trinajstić information content (AvgIpc) is 3.02. The summed E-state index contributed by atoms with van der Waals surface area (Å²) in [6, 6.07) is 3.79. The molecule has 0 aliphatic heterocycles. The van der Waals surface area contributed by atoms with E-state index in [-0.39, 0.29) is 0 Å². The lowest BCUT2D eigenvalue weighted by atomic mass is 9.88. The van der Waals surface area contributed by atoms with Crippen molar-refractivity contribution in [3.8, 4) is 0 Å². The summed E-state index contributed by atoms with van der Waals surface area (Å²) in [6.07, 6.45) is 10.5. The second kappa shape index (κ2) is 6.21. The molecule has 1 aliphatic carbocycles. The highest BCUT2D eigenvalue weighted by Crippen LogP contribution is 2.33. The van der Waals surface area contributed by atoms with Crippen LogP contribution >= 0.6 is 0 Å². The fourth-order valence-corrected chi connectivity index (χ4v) is 2.66. The lowest BCUT2D eigenvalue weighted by Gasteiger charge is -2.30. The van der Waals surface area contributed by atoms with Gasteiger partial charge in [-0.15, -0.1) is 0 Å². The van der Waals surface area contributed by atoms with Crippen LogP contribution in [0.5, 0.6) is 0 Å². The van der Waals surface area contributed by atoms with E-state index in [9.17, 15) is 5.11 Å². The van der Waals surface area contributed by atoms with Crippen molar-refractivity contribution in [2.75, 3.05) is 13.1 Å². The van der Waals surface area contributed by atoms with Crippen molar-refractivity contribution in [1.29, 1.82) is 0 Å². The molecular weight excluding hydrogens is 226 g/mol. The first-order valence-corrected chi connectivity index (χ1v) is 6.81. The van der Waals surface area contributed by atoms with Gasteiger partial charge in [0.25, 0.3) is 0 Å². The monoisotopic (exact) mass is 249 g/mol. The Morgan fingerprint density at radius 3 is 2.94 bits per heavy atom. The van der Waals surface area contributed by atoms with Crippen molar-refractivity contribution in [2.24, 2.45) is 5.92 Å². The Morgan fingerprint density at radius 1 is 1.50 bits per heavy atom. The summed E-state index contributed by atoms with van der Waals surface area (Å²) < 4.78 is 5.20. The molecule has 1 atom stereocenters. The topological polar surface area (TPSA) is 45.4 Å². The molecule has 100 valence electrons. The third-order valence-electron chi connectivity index (χ3n) is 3.81. The van der Waals surface area contributed by atoms with Crippen LogP contribution in [0, 0.1) is 5.92 Å². The molecule has 18 heavy (non-hydrogen) atoms. The molecule has 3 nitrogen and oxygen atoms in total. The minimum atomic E-state index is -0.574. The molecule has 1 heterocycles. The van der Waals surface area contributed by atoms with E-state index in [0.29, 0.717) is 12.5 Å². The zero-order valence-corrected chi connectivity index (χ0v) is 11.1. The number of nitrogens with one attached hydrogen (secondary N) is 1. The van der Waals surface area contributed by atoms with Gasteiger partial charge >= 0.3 is 0 Å². The number of hydrogen-bond donors (Lipinski definition) is 2. The first-order chi connectivity index (χ1) is 8.68. The van der Waals surface area contributed by atoms with Crippen molar-refractivity contribution in [2.45, 2.75) is 38.2 Å². The molecule has 0 bridgehead atoms. The molecule has 2 N–H and O–H groups in total. The fraction of sp³-hybridized carbons (Fsp3) is 0.600. The van der Waals surface area contributed by atoms with Crippen molar-refractivity contribution in [3.63, 3.8) is 0 Å². The molecule has 0 amide bonds. The first kappa shape index (κ1) is 13.4. The van der Waals surface area contributed by atoms with Gasteiger partial charge in [-0.05, 0) is 43.9 Å². The quantitative estimate of drug-likeness (QED) is 0.762. The molecule has 1 aliphatic rings. The van der Waals surface area contributed by atoms with Gasteiger partial charge in [-0.25, -0.2) is 0 Å². The Labute approximate surface area is 109 Å². The second-order valence-electron chi connectivity index (χ2n) is 5.39. The predicted octanol–water partition coefficient (Wildman–Crippen LogP) is 2.82. The summed E-state index contributed by atoms with van der Waals surface area (Å²) in [5.41, 5.74) is -0.574. The smallest absolute Gasteiger partial charge is 0.126 e. The van der Waals surface area contributed by atoms with Gasteiger partial charge in [0.05, 0.1) is 11.9 Å². The normalized spacial score (nSPS) is 20.6. The predicted molar refractivity (Wildman–Crippen MR) is 73.2 cm³/mol. The maximum absolute atomic E-state index is 10.4. The Morgan fingerprint density at radius 2 is 2.28 bits per heavy atom. The van der Waals surface area contributed by atoms with E-state index < -0.39 is 5.60 Å². The summed E-state index contributed by atoms with van der Waals surface area (Å²) in [6.45, 7) is 3.36. The molecule has 0 unspecified atom stereocenters. The minimum Gasteiger partial charge on any atom is -0.465 e. The minimum absolute atomic E-state index is 0.457. The maximum Gasteiger partial charge on any atom is 0.126 e. The SMILES string of the molecule is C[C@](O)(CNC/C=C/c1ccco1)C1CCCC1. The molecular formula is C15H23NO2. The third kappa shape index (κ3) is 3.72. The van der Waals surface area contributed by atoms with E-state index in [0.717, 1.165) is 25.1 Å². The van der Waals surface area contributed by atoms with Gasteiger partial charge in [-0.1, -0.05) is 18.9 Å². The van der Waals surface area contributed by atoms with Gasteiger partial charge in [-0.3, -0.25) is 0 Å².